The fourth-order valence-corrected chi connectivity index (χ4v) is 4.55. The number of aromatic nitrogens is 4. The molecule has 0 bridgehead atoms. The smallest absolute Gasteiger partial charge is 0.417 e. The fraction of sp³-hybridized carbons (Fsp3) is 0.467. The van der Waals surface area contributed by atoms with Crippen LogP contribution in [0, 0.1) is 11.8 Å². The molecule has 0 aliphatic rings. The summed E-state index contributed by atoms with van der Waals surface area (Å²) < 4.78 is 87.0. The van der Waals surface area contributed by atoms with E-state index in [2.05, 4.69) is 26.0 Å². The summed E-state index contributed by atoms with van der Waals surface area (Å²) >= 11 is 0. The van der Waals surface area contributed by atoms with E-state index in [0.29, 0.717) is 23.0 Å². The van der Waals surface area contributed by atoms with E-state index in [9.17, 15) is 40.7 Å². The second-order valence-corrected chi connectivity index (χ2v) is 11.4. The third-order valence-corrected chi connectivity index (χ3v) is 6.59. The van der Waals surface area contributed by atoms with Gasteiger partial charge in [-0.3, -0.25) is 9.59 Å². The minimum atomic E-state index is -5.17. The zero-order chi connectivity index (χ0) is 34.2. The maximum Gasteiger partial charge on any atom is 0.417 e. The Bertz CT molecular complexity index is 1460. The number of benzene rings is 2. The Hall–Kier alpha value is -4.50. The van der Waals surface area contributed by atoms with E-state index < -0.39 is 71.3 Å². The number of alkyl carbamates (subject to hydrolysis) is 1. The van der Waals surface area contributed by atoms with Gasteiger partial charge in [0.2, 0.25) is 11.7 Å². The van der Waals surface area contributed by atoms with Crippen molar-refractivity contribution in [2.75, 3.05) is 0 Å². The van der Waals surface area contributed by atoms with Crippen LogP contribution in [0.2, 0.25) is 0 Å². The van der Waals surface area contributed by atoms with Crippen LogP contribution in [0.25, 0.3) is 11.4 Å². The molecule has 2 atom stereocenters. The molecule has 2 N–H and O–H groups in total. The van der Waals surface area contributed by atoms with Crippen LogP contribution in [0.3, 0.4) is 0 Å². The number of ketones is 1. The van der Waals surface area contributed by atoms with Crippen molar-refractivity contribution in [3.05, 3.63) is 65.2 Å². The molecule has 1 aromatic heterocycles. The van der Waals surface area contributed by atoms with Gasteiger partial charge < -0.3 is 15.4 Å². The first-order valence-electron chi connectivity index (χ1n) is 14.3. The summed E-state index contributed by atoms with van der Waals surface area (Å²) in [5, 5.41) is 15.7. The third kappa shape index (κ3) is 10.3. The molecule has 0 aliphatic heterocycles. The second-order valence-electron chi connectivity index (χ2n) is 11.4. The number of nitrogens with zero attached hydrogens (tertiary/aromatic N) is 4. The van der Waals surface area contributed by atoms with Crippen LogP contribution in [0.4, 0.5) is 31.1 Å². The van der Waals surface area contributed by atoms with Gasteiger partial charge in [0.25, 0.3) is 0 Å². The summed E-state index contributed by atoms with van der Waals surface area (Å²) in [7, 11) is 0. The van der Waals surface area contributed by atoms with Gasteiger partial charge in [-0.25, -0.2) is 4.79 Å². The molecule has 0 spiro atoms. The van der Waals surface area contributed by atoms with Crippen molar-refractivity contribution in [1.29, 1.82) is 0 Å². The first kappa shape index (κ1) is 36.0. The number of hydrogen-bond donors (Lipinski definition) is 2. The predicted molar refractivity (Wildman–Crippen MR) is 153 cm³/mol. The maximum absolute atomic E-state index is 13.6. The molecule has 0 aliphatic carbocycles. The number of alkyl halides is 6. The molecule has 3 aromatic rings. The van der Waals surface area contributed by atoms with Crippen LogP contribution in [-0.4, -0.2) is 50.1 Å². The largest absolute Gasteiger partial charge is 0.445 e. The summed E-state index contributed by atoms with van der Waals surface area (Å²) in [5.41, 5.74) is -3.84. The summed E-state index contributed by atoms with van der Waals surface area (Å²) in [6, 6.07) is 8.16. The lowest BCUT2D eigenvalue weighted by Crippen LogP contribution is -2.52. The quantitative estimate of drug-likeness (QED) is 0.222. The summed E-state index contributed by atoms with van der Waals surface area (Å²) in [5.74, 6) is -2.54. The van der Waals surface area contributed by atoms with Crippen LogP contribution in [0.1, 0.15) is 57.2 Å². The normalized spacial score (nSPS) is 13.4. The van der Waals surface area contributed by atoms with Crippen molar-refractivity contribution >= 4 is 17.8 Å². The molecule has 3 rings (SSSR count). The van der Waals surface area contributed by atoms with E-state index in [1.165, 1.54) is 0 Å². The monoisotopic (exact) mass is 656 g/mol. The molecule has 250 valence electrons. The van der Waals surface area contributed by atoms with E-state index in [1.807, 2.05) is 13.8 Å². The van der Waals surface area contributed by atoms with Crippen LogP contribution in [0.15, 0.2) is 48.5 Å². The Kier molecular flexibility index (Phi) is 11.9. The Morgan fingerprint density at radius 1 is 0.804 bits per heavy atom. The number of carbonyl (C=O) groups excluding carboxylic acids is 3. The van der Waals surface area contributed by atoms with Crippen LogP contribution in [-0.2, 0) is 39.8 Å². The van der Waals surface area contributed by atoms with Crippen molar-refractivity contribution < 1.29 is 45.5 Å². The highest BCUT2D eigenvalue weighted by Gasteiger charge is 2.42. The summed E-state index contributed by atoms with van der Waals surface area (Å²) in [6.45, 7) is 6.43. The number of tetrazole rings is 1. The molecule has 0 saturated carbocycles. The predicted octanol–water partition coefficient (Wildman–Crippen LogP) is 5.82. The molecule has 2 aromatic carbocycles. The standard InChI is InChI=1S/C30H34F6N6O4/c1-17(2)13-22(37-27(44)23(14-18(3)4)38-28(45)46-16-19-9-6-5-7-10-19)24(43)15-42-40-26(39-41-42)25-20(29(31,32)33)11-8-12-21(25)30(34,35)36/h5-12,17-18,22-23H,13-16H2,1-4H3,(H,37,44)(H,38,45)/t22-,23-/m0/s1. The Morgan fingerprint density at radius 3 is 1.91 bits per heavy atom. The lowest BCUT2D eigenvalue weighted by Gasteiger charge is -2.24. The lowest BCUT2D eigenvalue weighted by molar-refractivity contribution is -0.142. The lowest BCUT2D eigenvalue weighted by atomic mass is 9.98. The number of Topliss-reactive ketones (excluding diaryl/α,β-unsaturated/α-hetero) is 1. The van der Waals surface area contributed by atoms with Crippen LogP contribution >= 0.6 is 0 Å². The molecule has 10 nitrogen and oxygen atoms in total. The van der Waals surface area contributed by atoms with Crippen molar-refractivity contribution in [3.8, 4) is 11.4 Å². The van der Waals surface area contributed by atoms with E-state index in [1.54, 1.807) is 44.2 Å². The molecule has 0 fully saturated rings. The molecule has 0 radical (unpaired) electrons. The molecule has 46 heavy (non-hydrogen) atoms. The average Bonchev–Trinajstić information content (AvgIpc) is 3.42. The zero-order valence-electron chi connectivity index (χ0n) is 25.4. The minimum absolute atomic E-state index is 0.0397. The van der Waals surface area contributed by atoms with E-state index >= 15 is 0 Å². The van der Waals surface area contributed by atoms with Crippen molar-refractivity contribution in [2.24, 2.45) is 11.8 Å². The Morgan fingerprint density at radius 2 is 1.37 bits per heavy atom. The topological polar surface area (TPSA) is 128 Å². The van der Waals surface area contributed by atoms with Crippen molar-refractivity contribution in [3.63, 3.8) is 0 Å². The minimum Gasteiger partial charge on any atom is -0.445 e. The van der Waals surface area contributed by atoms with Gasteiger partial charge in [0.1, 0.15) is 19.2 Å². The first-order chi connectivity index (χ1) is 21.5. The number of nitrogens with one attached hydrogen (secondary N) is 2. The van der Waals surface area contributed by atoms with Gasteiger partial charge in [0.05, 0.1) is 17.2 Å². The van der Waals surface area contributed by atoms with Gasteiger partial charge >= 0.3 is 18.4 Å². The molecule has 0 unspecified atom stereocenters. The third-order valence-electron chi connectivity index (χ3n) is 6.59. The number of rotatable bonds is 13. The highest BCUT2D eigenvalue weighted by molar-refractivity contribution is 5.92. The van der Waals surface area contributed by atoms with Crippen molar-refractivity contribution in [2.45, 2.75) is 78.1 Å². The van der Waals surface area contributed by atoms with Gasteiger partial charge in [-0.15, -0.1) is 10.2 Å². The highest BCUT2D eigenvalue weighted by atomic mass is 19.4. The number of carbonyl (C=O) groups is 3. The van der Waals surface area contributed by atoms with Gasteiger partial charge in [0, 0.05) is 5.56 Å². The zero-order valence-corrected chi connectivity index (χ0v) is 25.4. The Labute approximate surface area is 260 Å². The Balaban J connectivity index is 1.79. The highest BCUT2D eigenvalue weighted by Crippen LogP contribution is 2.43. The van der Waals surface area contributed by atoms with Crippen LogP contribution < -0.4 is 10.6 Å². The maximum atomic E-state index is 13.6. The number of hydrogen-bond acceptors (Lipinski definition) is 7. The molecule has 16 heteroatoms. The second kappa shape index (κ2) is 15.2. The van der Waals surface area contributed by atoms with Gasteiger partial charge in [0.15, 0.2) is 5.78 Å². The average molecular weight is 657 g/mol. The van der Waals surface area contributed by atoms with Crippen molar-refractivity contribution in [1.82, 2.24) is 30.8 Å². The number of halogens is 6. The fourth-order valence-electron chi connectivity index (χ4n) is 4.55. The van der Waals surface area contributed by atoms with E-state index in [4.69, 9.17) is 4.74 Å². The van der Waals surface area contributed by atoms with Gasteiger partial charge in [-0.2, -0.15) is 31.1 Å². The molecular formula is C30H34F6N6O4. The molecule has 2 amide bonds. The summed E-state index contributed by atoms with van der Waals surface area (Å²) in [4.78, 5) is 39.6. The summed E-state index contributed by atoms with van der Waals surface area (Å²) in [6.07, 6.45) is -10.9. The molecule has 1 heterocycles. The molecule has 0 saturated heterocycles. The SMILES string of the molecule is CC(C)C[C@H](NC(=O)[C@H](CC(C)C)NC(=O)OCc1ccccc1)C(=O)Cn1nnc(-c2c(C(F)(F)F)cccc2C(F)(F)F)n1. The van der Waals surface area contributed by atoms with Gasteiger partial charge in [-0.05, 0) is 47.6 Å². The van der Waals surface area contributed by atoms with Gasteiger partial charge in [-0.1, -0.05) is 64.1 Å². The number of ether oxygens (including phenoxy) is 1. The van der Waals surface area contributed by atoms with E-state index in [0.717, 1.165) is 5.56 Å². The first-order valence-corrected chi connectivity index (χ1v) is 14.3. The van der Waals surface area contributed by atoms with E-state index in [-0.39, 0.29) is 31.3 Å². The molecular weight excluding hydrogens is 622 g/mol. The van der Waals surface area contributed by atoms with Crippen LogP contribution in [0.5, 0.6) is 0 Å². The number of amides is 2.